The minimum absolute atomic E-state index is 0.0312. The summed E-state index contributed by atoms with van der Waals surface area (Å²) in [7, 11) is -2.93. The molecule has 0 spiro atoms. The van der Waals surface area contributed by atoms with Crippen molar-refractivity contribution in [3.63, 3.8) is 0 Å². The third kappa shape index (κ3) is 2.02. The Morgan fingerprint density at radius 3 is 2.45 bits per heavy atom. The molecule has 0 amide bonds. The highest BCUT2D eigenvalue weighted by atomic mass is 32.2. The van der Waals surface area contributed by atoms with Crippen LogP contribution in [0.15, 0.2) is 0 Å². The largest absolute Gasteiger partial charge is 0.303 e. The van der Waals surface area contributed by atoms with Crippen LogP contribution in [-0.4, -0.2) is 26.2 Å². The van der Waals surface area contributed by atoms with Gasteiger partial charge in [0.2, 0.25) is 0 Å². The van der Waals surface area contributed by atoms with Crippen LogP contribution in [0.4, 0.5) is 0 Å². The number of carbonyl (C=O) groups excluding carboxylic acids is 1. The second-order valence-corrected chi connectivity index (χ2v) is 5.65. The van der Waals surface area contributed by atoms with Gasteiger partial charge >= 0.3 is 0 Å². The van der Waals surface area contributed by atoms with Crippen molar-refractivity contribution in [3.8, 4) is 0 Å². The minimum Gasteiger partial charge on any atom is -0.303 e. The summed E-state index contributed by atoms with van der Waals surface area (Å²) in [5.41, 5.74) is -0.614. The lowest BCUT2D eigenvalue weighted by atomic mass is 9.89. The number of hydrogen-bond acceptors (Lipinski definition) is 3. The molecule has 1 unspecified atom stereocenters. The maximum absolute atomic E-state index is 11.1. The van der Waals surface area contributed by atoms with Crippen LogP contribution in [-0.2, 0) is 14.6 Å². The molecule has 3 nitrogen and oxygen atoms in total. The summed E-state index contributed by atoms with van der Waals surface area (Å²) in [6.45, 7) is 1.71. The molecule has 0 bridgehead atoms. The first-order valence-corrected chi connectivity index (χ1v) is 5.46. The molecule has 1 aliphatic rings. The van der Waals surface area contributed by atoms with Crippen molar-refractivity contribution in [3.05, 3.63) is 0 Å². The first-order valence-electron chi connectivity index (χ1n) is 3.64. The SMILES string of the molecule is CC1(C=O)CCCS(=O)(=O)C1. The van der Waals surface area contributed by atoms with Gasteiger partial charge in [0, 0.05) is 5.41 Å². The fourth-order valence-corrected chi connectivity index (χ4v) is 3.38. The van der Waals surface area contributed by atoms with Gasteiger partial charge in [0.25, 0.3) is 0 Å². The monoisotopic (exact) mass is 176 g/mol. The smallest absolute Gasteiger partial charge is 0.151 e. The van der Waals surface area contributed by atoms with Crippen molar-refractivity contribution in [1.29, 1.82) is 0 Å². The Morgan fingerprint density at radius 2 is 2.09 bits per heavy atom. The maximum Gasteiger partial charge on any atom is 0.151 e. The van der Waals surface area contributed by atoms with Crippen molar-refractivity contribution >= 4 is 16.1 Å². The summed E-state index contributed by atoms with van der Waals surface area (Å²) in [5, 5.41) is 0. The Kier molecular flexibility index (Phi) is 2.05. The van der Waals surface area contributed by atoms with E-state index in [1.807, 2.05) is 0 Å². The van der Waals surface area contributed by atoms with Crippen molar-refractivity contribution in [1.82, 2.24) is 0 Å². The van der Waals surface area contributed by atoms with Crippen LogP contribution in [0.1, 0.15) is 19.8 Å². The molecule has 1 rings (SSSR count). The van der Waals surface area contributed by atoms with Gasteiger partial charge in [-0.2, -0.15) is 0 Å². The van der Waals surface area contributed by atoms with Crippen LogP contribution >= 0.6 is 0 Å². The molecule has 1 saturated heterocycles. The molecule has 64 valence electrons. The fraction of sp³-hybridized carbons (Fsp3) is 0.857. The summed E-state index contributed by atoms with van der Waals surface area (Å²) >= 11 is 0. The second-order valence-electron chi connectivity index (χ2n) is 3.47. The van der Waals surface area contributed by atoms with E-state index in [9.17, 15) is 13.2 Å². The molecule has 1 heterocycles. The van der Waals surface area contributed by atoms with Crippen molar-refractivity contribution in [2.24, 2.45) is 5.41 Å². The van der Waals surface area contributed by atoms with Gasteiger partial charge in [0.1, 0.15) is 6.29 Å². The average Bonchev–Trinajstić information content (AvgIpc) is 1.85. The highest BCUT2D eigenvalue weighted by molar-refractivity contribution is 7.91. The zero-order valence-electron chi connectivity index (χ0n) is 6.54. The highest BCUT2D eigenvalue weighted by Gasteiger charge is 2.34. The van der Waals surface area contributed by atoms with E-state index in [4.69, 9.17) is 0 Å². The molecule has 0 N–H and O–H groups in total. The lowest BCUT2D eigenvalue weighted by Gasteiger charge is -2.26. The van der Waals surface area contributed by atoms with E-state index >= 15 is 0 Å². The van der Waals surface area contributed by atoms with E-state index in [-0.39, 0.29) is 11.5 Å². The standard InChI is InChI=1S/C7H12O3S/c1-7(5-8)3-2-4-11(9,10)6-7/h5H,2-4,6H2,1H3. The van der Waals surface area contributed by atoms with E-state index in [1.165, 1.54) is 0 Å². The first kappa shape index (κ1) is 8.71. The van der Waals surface area contributed by atoms with Gasteiger partial charge < -0.3 is 4.79 Å². The fourth-order valence-electron chi connectivity index (χ4n) is 1.44. The predicted molar refractivity (Wildman–Crippen MR) is 42.1 cm³/mol. The number of sulfone groups is 1. The zero-order valence-corrected chi connectivity index (χ0v) is 7.36. The third-order valence-electron chi connectivity index (χ3n) is 2.04. The Labute approximate surface area is 66.7 Å². The van der Waals surface area contributed by atoms with Crippen LogP contribution in [0.3, 0.4) is 0 Å². The molecule has 0 saturated carbocycles. The van der Waals surface area contributed by atoms with E-state index < -0.39 is 15.3 Å². The molecule has 0 aromatic carbocycles. The van der Waals surface area contributed by atoms with Crippen LogP contribution in [0.25, 0.3) is 0 Å². The Morgan fingerprint density at radius 1 is 1.45 bits per heavy atom. The maximum atomic E-state index is 11.1. The van der Waals surface area contributed by atoms with Crippen molar-refractivity contribution in [2.75, 3.05) is 11.5 Å². The Bertz CT molecular complexity index is 255. The highest BCUT2D eigenvalue weighted by Crippen LogP contribution is 2.28. The molecule has 1 fully saturated rings. The quantitative estimate of drug-likeness (QED) is 0.543. The summed E-state index contributed by atoms with van der Waals surface area (Å²) in [6.07, 6.45) is 2.09. The summed E-state index contributed by atoms with van der Waals surface area (Å²) in [6, 6.07) is 0. The molecule has 1 aliphatic heterocycles. The van der Waals surface area contributed by atoms with Crippen LogP contribution in [0.5, 0.6) is 0 Å². The zero-order chi connectivity index (χ0) is 8.54. The van der Waals surface area contributed by atoms with E-state index in [0.717, 1.165) is 6.29 Å². The number of rotatable bonds is 1. The van der Waals surface area contributed by atoms with Crippen molar-refractivity contribution < 1.29 is 13.2 Å². The van der Waals surface area contributed by atoms with E-state index in [2.05, 4.69) is 0 Å². The van der Waals surface area contributed by atoms with E-state index in [1.54, 1.807) is 6.92 Å². The number of aldehydes is 1. The molecule has 11 heavy (non-hydrogen) atoms. The second kappa shape index (κ2) is 2.59. The van der Waals surface area contributed by atoms with Crippen LogP contribution < -0.4 is 0 Å². The van der Waals surface area contributed by atoms with Gasteiger partial charge in [-0.1, -0.05) is 6.92 Å². The molecule has 0 aromatic rings. The topological polar surface area (TPSA) is 51.2 Å². The van der Waals surface area contributed by atoms with Crippen molar-refractivity contribution in [2.45, 2.75) is 19.8 Å². The minimum atomic E-state index is -2.93. The molecular formula is C7H12O3S. The molecule has 0 aliphatic carbocycles. The molecule has 1 atom stereocenters. The number of hydrogen-bond donors (Lipinski definition) is 0. The molecule has 4 heteroatoms. The molecule has 0 aromatic heterocycles. The number of carbonyl (C=O) groups is 1. The molecular weight excluding hydrogens is 164 g/mol. The normalized spacial score (nSPS) is 36.5. The Hall–Kier alpha value is -0.380. The van der Waals surface area contributed by atoms with Gasteiger partial charge in [0.05, 0.1) is 11.5 Å². The third-order valence-corrected chi connectivity index (χ3v) is 4.05. The van der Waals surface area contributed by atoms with Gasteiger partial charge in [-0.15, -0.1) is 0 Å². The van der Waals surface area contributed by atoms with Crippen LogP contribution in [0.2, 0.25) is 0 Å². The van der Waals surface area contributed by atoms with Crippen LogP contribution in [0, 0.1) is 5.41 Å². The van der Waals surface area contributed by atoms with Gasteiger partial charge in [-0.05, 0) is 12.8 Å². The summed E-state index contributed by atoms with van der Waals surface area (Å²) in [5.74, 6) is 0.278. The summed E-state index contributed by atoms with van der Waals surface area (Å²) < 4.78 is 22.1. The van der Waals surface area contributed by atoms with Gasteiger partial charge in [-0.3, -0.25) is 0 Å². The molecule has 0 radical (unpaired) electrons. The van der Waals surface area contributed by atoms with E-state index in [0.29, 0.717) is 12.8 Å². The summed E-state index contributed by atoms with van der Waals surface area (Å²) in [4.78, 5) is 10.5. The lowest BCUT2D eigenvalue weighted by molar-refractivity contribution is -0.114. The predicted octanol–water partition coefficient (Wildman–Crippen LogP) is 0.400. The Balaban J connectivity index is 2.83. The lowest BCUT2D eigenvalue weighted by Crippen LogP contribution is -2.34. The van der Waals surface area contributed by atoms with Gasteiger partial charge in [-0.25, -0.2) is 8.42 Å². The first-order chi connectivity index (χ1) is 4.97. The average molecular weight is 176 g/mol. The van der Waals surface area contributed by atoms with Gasteiger partial charge in [0.15, 0.2) is 9.84 Å².